The molecule has 7 nitrogen and oxygen atoms in total. The van der Waals surface area contributed by atoms with Gasteiger partial charge in [-0.3, -0.25) is 4.79 Å². The van der Waals surface area contributed by atoms with Crippen LogP contribution in [0.25, 0.3) is 11.1 Å². The van der Waals surface area contributed by atoms with Gasteiger partial charge in [-0.25, -0.2) is 18.3 Å². The van der Waals surface area contributed by atoms with Gasteiger partial charge in [-0.1, -0.05) is 54.6 Å². The van der Waals surface area contributed by atoms with E-state index in [1.165, 1.54) is 19.2 Å². The summed E-state index contributed by atoms with van der Waals surface area (Å²) in [6.07, 6.45) is -3.00. The lowest BCUT2D eigenvalue weighted by molar-refractivity contribution is 0.0696. The van der Waals surface area contributed by atoms with Crippen LogP contribution in [-0.4, -0.2) is 26.8 Å². The van der Waals surface area contributed by atoms with Gasteiger partial charge >= 0.3 is 5.97 Å². The van der Waals surface area contributed by atoms with Crippen LogP contribution >= 0.6 is 0 Å². The lowest BCUT2D eigenvalue weighted by Crippen LogP contribution is -2.27. The first-order chi connectivity index (χ1) is 17.2. The first-order valence-corrected chi connectivity index (χ1v) is 11.1. The molecule has 0 fully saturated rings. The van der Waals surface area contributed by atoms with E-state index in [1.54, 1.807) is 31.2 Å². The number of carbonyl (C=O) groups excluding carboxylic acids is 1. The predicted molar refractivity (Wildman–Crippen MR) is 129 cm³/mol. The van der Waals surface area contributed by atoms with E-state index in [-0.39, 0.29) is 17.0 Å². The number of halogens is 2. The van der Waals surface area contributed by atoms with Gasteiger partial charge in [0.25, 0.3) is 12.3 Å². The third kappa shape index (κ3) is 5.25. The summed E-state index contributed by atoms with van der Waals surface area (Å²) < 4.78 is 34.5. The zero-order valence-corrected chi connectivity index (χ0v) is 19.5. The highest BCUT2D eigenvalue weighted by Gasteiger charge is 2.30. The molecule has 2 N–H and O–H groups in total. The molecule has 0 spiro atoms. The van der Waals surface area contributed by atoms with Crippen molar-refractivity contribution >= 4 is 11.9 Å². The Morgan fingerprint density at radius 2 is 1.56 bits per heavy atom. The largest absolute Gasteiger partial charge is 0.478 e. The molecule has 4 aromatic rings. The number of ether oxygens (including phenoxy) is 1. The number of rotatable bonds is 8. The first kappa shape index (κ1) is 24.6. The number of benzene rings is 3. The lowest BCUT2D eigenvalue weighted by Gasteiger charge is -2.16. The average molecular weight is 491 g/mol. The molecule has 0 saturated carbocycles. The Hall–Kier alpha value is -4.53. The molecular formula is C27H23F2N3O4. The summed E-state index contributed by atoms with van der Waals surface area (Å²) in [4.78, 5) is 24.2. The van der Waals surface area contributed by atoms with Crippen LogP contribution in [0, 0.1) is 0 Å². The third-order valence-electron chi connectivity index (χ3n) is 5.64. The van der Waals surface area contributed by atoms with E-state index in [0.717, 1.165) is 15.8 Å². The van der Waals surface area contributed by atoms with Gasteiger partial charge in [0.15, 0.2) is 0 Å². The minimum Gasteiger partial charge on any atom is -0.478 e. The van der Waals surface area contributed by atoms with Crippen molar-refractivity contribution in [3.63, 3.8) is 0 Å². The molecule has 1 aromatic heterocycles. The number of nitrogens with zero attached hydrogens (tertiary/aromatic N) is 2. The van der Waals surface area contributed by atoms with E-state index in [4.69, 9.17) is 9.84 Å². The molecule has 184 valence electrons. The number of carbonyl (C=O) groups is 2. The molecule has 0 saturated heterocycles. The van der Waals surface area contributed by atoms with E-state index in [2.05, 4.69) is 10.4 Å². The van der Waals surface area contributed by atoms with E-state index in [1.807, 2.05) is 42.5 Å². The highest BCUT2D eigenvalue weighted by Crippen LogP contribution is 2.33. The van der Waals surface area contributed by atoms with Gasteiger partial charge in [0.2, 0.25) is 5.88 Å². The van der Waals surface area contributed by atoms with Crippen LogP contribution in [0.5, 0.6) is 11.6 Å². The minimum absolute atomic E-state index is 0.0958. The number of carboxylic acids is 1. The van der Waals surface area contributed by atoms with E-state index >= 15 is 0 Å². The van der Waals surface area contributed by atoms with Crippen LogP contribution in [0.3, 0.4) is 0 Å². The zero-order chi connectivity index (χ0) is 25.8. The Morgan fingerprint density at radius 1 is 0.944 bits per heavy atom. The fourth-order valence-corrected chi connectivity index (χ4v) is 3.74. The standard InChI is InChI=1S/C27H23F2N3O4/c1-16(17-8-10-20(11-9-17)27(34)35)30-25(33)22-23(24(28)29)31-32(2)26(22)36-21-14-12-19(13-15-21)18-6-4-3-5-7-18/h3-16,24H,1-2H3,(H,30,33)(H,34,35)/t16-/m0/s1. The Labute approximate surface area is 206 Å². The molecule has 0 aliphatic carbocycles. The molecule has 0 bridgehead atoms. The van der Waals surface area contributed by atoms with E-state index in [9.17, 15) is 18.4 Å². The Balaban J connectivity index is 1.59. The van der Waals surface area contributed by atoms with Crippen molar-refractivity contribution in [1.82, 2.24) is 15.1 Å². The number of aromatic nitrogens is 2. The molecule has 1 atom stereocenters. The highest BCUT2D eigenvalue weighted by molar-refractivity contribution is 5.98. The van der Waals surface area contributed by atoms with Crippen LogP contribution < -0.4 is 10.1 Å². The van der Waals surface area contributed by atoms with Crippen LogP contribution in [0.2, 0.25) is 0 Å². The van der Waals surface area contributed by atoms with Gasteiger partial charge in [-0.05, 0) is 47.9 Å². The predicted octanol–water partition coefficient (Wildman–Crippen LogP) is 6.01. The van der Waals surface area contributed by atoms with Crippen molar-refractivity contribution in [3.8, 4) is 22.8 Å². The van der Waals surface area contributed by atoms with Crippen molar-refractivity contribution in [2.24, 2.45) is 7.05 Å². The molecular weight excluding hydrogens is 468 g/mol. The van der Waals surface area contributed by atoms with Crippen LogP contribution in [-0.2, 0) is 7.05 Å². The van der Waals surface area contributed by atoms with Gasteiger partial charge in [0.05, 0.1) is 11.6 Å². The maximum Gasteiger partial charge on any atom is 0.335 e. The summed E-state index contributed by atoms with van der Waals surface area (Å²) in [6.45, 7) is 1.66. The Morgan fingerprint density at radius 3 is 2.14 bits per heavy atom. The lowest BCUT2D eigenvalue weighted by atomic mass is 10.1. The Bertz CT molecular complexity index is 1370. The number of aromatic carboxylic acids is 1. The van der Waals surface area contributed by atoms with Crippen molar-refractivity contribution in [1.29, 1.82) is 0 Å². The van der Waals surface area contributed by atoms with Gasteiger partial charge in [0, 0.05) is 7.05 Å². The molecule has 0 aliphatic heterocycles. The SMILES string of the molecule is C[C@H](NC(=O)c1c(C(F)F)nn(C)c1Oc1ccc(-c2ccccc2)cc1)c1ccc(C(=O)O)cc1. The fourth-order valence-electron chi connectivity index (χ4n) is 3.74. The summed E-state index contributed by atoms with van der Waals surface area (Å²) in [5.41, 5.74) is 1.60. The van der Waals surface area contributed by atoms with Crippen LogP contribution in [0.15, 0.2) is 78.9 Å². The number of hydrogen-bond donors (Lipinski definition) is 2. The zero-order valence-electron chi connectivity index (χ0n) is 19.5. The van der Waals surface area contributed by atoms with Gasteiger partial charge < -0.3 is 15.2 Å². The van der Waals surface area contributed by atoms with E-state index in [0.29, 0.717) is 11.3 Å². The molecule has 4 rings (SSSR count). The summed E-state index contributed by atoms with van der Waals surface area (Å²) >= 11 is 0. The molecule has 0 unspecified atom stereocenters. The molecule has 9 heteroatoms. The molecule has 36 heavy (non-hydrogen) atoms. The second-order valence-electron chi connectivity index (χ2n) is 8.10. The molecule has 0 aliphatic rings. The number of alkyl halides is 2. The summed E-state index contributed by atoms with van der Waals surface area (Å²) in [6, 6.07) is 22.1. The van der Waals surface area contributed by atoms with Crippen LogP contribution in [0.1, 0.15) is 51.4 Å². The third-order valence-corrected chi connectivity index (χ3v) is 5.64. The number of hydrogen-bond acceptors (Lipinski definition) is 4. The minimum atomic E-state index is -3.00. The van der Waals surface area contributed by atoms with Crippen molar-refractivity contribution in [2.45, 2.75) is 19.4 Å². The first-order valence-electron chi connectivity index (χ1n) is 11.1. The van der Waals surface area contributed by atoms with Crippen LogP contribution in [0.4, 0.5) is 8.78 Å². The van der Waals surface area contributed by atoms with Crippen molar-refractivity contribution in [3.05, 3.63) is 101 Å². The normalized spacial score (nSPS) is 11.8. The fraction of sp³-hybridized carbons (Fsp3) is 0.148. The topological polar surface area (TPSA) is 93.5 Å². The smallest absolute Gasteiger partial charge is 0.335 e. The van der Waals surface area contributed by atoms with Gasteiger partial charge in [-0.15, -0.1) is 0 Å². The summed E-state index contributed by atoms with van der Waals surface area (Å²) in [5, 5.41) is 15.5. The van der Waals surface area contributed by atoms with Crippen molar-refractivity contribution in [2.75, 3.05) is 0 Å². The second-order valence-corrected chi connectivity index (χ2v) is 8.10. The summed E-state index contributed by atoms with van der Waals surface area (Å²) in [5.74, 6) is -1.63. The van der Waals surface area contributed by atoms with Crippen molar-refractivity contribution < 1.29 is 28.2 Å². The monoisotopic (exact) mass is 491 g/mol. The number of nitrogens with one attached hydrogen (secondary N) is 1. The van der Waals surface area contributed by atoms with Gasteiger partial charge in [-0.2, -0.15) is 5.10 Å². The molecule has 1 heterocycles. The maximum absolute atomic E-state index is 13.8. The Kier molecular flexibility index (Phi) is 7.10. The summed E-state index contributed by atoms with van der Waals surface area (Å²) in [7, 11) is 1.42. The van der Waals surface area contributed by atoms with Gasteiger partial charge in [0.1, 0.15) is 17.0 Å². The number of amides is 1. The average Bonchev–Trinajstić information content (AvgIpc) is 3.21. The second kappa shape index (κ2) is 10.4. The molecule has 1 amide bonds. The van der Waals surface area contributed by atoms with E-state index < -0.39 is 30.0 Å². The highest BCUT2D eigenvalue weighted by atomic mass is 19.3. The maximum atomic E-state index is 13.8. The molecule has 3 aromatic carbocycles. The number of aryl methyl sites for hydroxylation is 1. The number of carboxylic acid groups (broad SMARTS) is 1. The quantitative estimate of drug-likeness (QED) is 0.315. The molecule has 0 radical (unpaired) electrons.